The lowest BCUT2D eigenvalue weighted by molar-refractivity contribution is -0.105. The average Bonchev–Trinajstić information content (AvgIpc) is 3.03. The molecule has 2 aliphatic heterocycles. The van der Waals surface area contributed by atoms with Crippen LogP contribution >= 0.6 is 0 Å². The van der Waals surface area contributed by atoms with Gasteiger partial charge in [0.15, 0.2) is 0 Å². The molecule has 1 aromatic heterocycles. The van der Waals surface area contributed by atoms with E-state index in [1.54, 1.807) is 7.11 Å². The molecule has 3 heterocycles. The van der Waals surface area contributed by atoms with Gasteiger partial charge in [-0.3, -0.25) is 0 Å². The van der Waals surface area contributed by atoms with Crippen molar-refractivity contribution in [1.29, 1.82) is 0 Å². The maximum absolute atomic E-state index is 5.89. The molecule has 0 bridgehead atoms. The van der Waals surface area contributed by atoms with Gasteiger partial charge < -0.3 is 19.1 Å². The van der Waals surface area contributed by atoms with Crippen molar-refractivity contribution in [3.05, 3.63) is 24.5 Å². The third kappa shape index (κ3) is 3.03. The number of benzene rings is 1. The van der Waals surface area contributed by atoms with Crippen molar-refractivity contribution in [3.63, 3.8) is 0 Å². The predicted octanol–water partition coefficient (Wildman–Crippen LogP) is 2.13. The van der Waals surface area contributed by atoms with E-state index < -0.39 is 0 Å². The fraction of sp³-hybridized carbons (Fsp3) is 0.556. The molecule has 0 aliphatic carbocycles. The zero-order valence-electron chi connectivity index (χ0n) is 14.0. The SMILES string of the molecule is COc1ncnc2cc(OCCCN3CCC4(COC4)C3)ccc12. The first-order valence-corrected chi connectivity index (χ1v) is 8.50. The summed E-state index contributed by atoms with van der Waals surface area (Å²) in [4.78, 5) is 10.9. The van der Waals surface area contributed by atoms with Gasteiger partial charge in [-0.05, 0) is 31.5 Å². The van der Waals surface area contributed by atoms with Gasteiger partial charge in [0.05, 0.1) is 37.8 Å². The molecular formula is C18H23N3O3. The van der Waals surface area contributed by atoms with Crippen LogP contribution in [0.4, 0.5) is 0 Å². The summed E-state index contributed by atoms with van der Waals surface area (Å²) in [5, 5.41) is 0.900. The Hall–Kier alpha value is -1.92. The summed E-state index contributed by atoms with van der Waals surface area (Å²) in [6.07, 6.45) is 3.82. The number of aromatic nitrogens is 2. The van der Waals surface area contributed by atoms with Crippen LogP contribution in [0.3, 0.4) is 0 Å². The molecule has 2 saturated heterocycles. The maximum Gasteiger partial charge on any atom is 0.224 e. The first-order chi connectivity index (χ1) is 11.8. The topological polar surface area (TPSA) is 56.7 Å². The molecule has 6 nitrogen and oxygen atoms in total. The van der Waals surface area contributed by atoms with Gasteiger partial charge in [0, 0.05) is 24.6 Å². The minimum atomic E-state index is 0.470. The molecule has 0 saturated carbocycles. The van der Waals surface area contributed by atoms with Crippen LogP contribution in [-0.2, 0) is 4.74 Å². The molecule has 1 aromatic carbocycles. The van der Waals surface area contributed by atoms with Crippen molar-refractivity contribution in [1.82, 2.24) is 14.9 Å². The van der Waals surface area contributed by atoms with Crippen LogP contribution in [0.1, 0.15) is 12.8 Å². The summed E-state index contributed by atoms with van der Waals surface area (Å²) in [5.41, 5.74) is 1.31. The first-order valence-electron chi connectivity index (χ1n) is 8.50. The number of nitrogens with zero attached hydrogens (tertiary/aromatic N) is 3. The van der Waals surface area contributed by atoms with Gasteiger partial charge in [0.1, 0.15) is 12.1 Å². The Bertz CT molecular complexity index is 718. The molecule has 4 rings (SSSR count). The van der Waals surface area contributed by atoms with Crippen LogP contribution in [0.2, 0.25) is 0 Å². The second kappa shape index (κ2) is 6.53. The molecule has 128 valence electrons. The van der Waals surface area contributed by atoms with Crippen molar-refractivity contribution in [2.45, 2.75) is 12.8 Å². The third-order valence-electron chi connectivity index (χ3n) is 4.99. The van der Waals surface area contributed by atoms with Gasteiger partial charge >= 0.3 is 0 Å². The Kier molecular flexibility index (Phi) is 4.24. The van der Waals surface area contributed by atoms with E-state index in [0.29, 0.717) is 17.9 Å². The second-order valence-corrected chi connectivity index (χ2v) is 6.78. The molecule has 0 unspecified atom stereocenters. The van der Waals surface area contributed by atoms with Gasteiger partial charge in [0.25, 0.3) is 0 Å². The number of likely N-dealkylation sites (tertiary alicyclic amines) is 1. The van der Waals surface area contributed by atoms with Gasteiger partial charge in [-0.15, -0.1) is 0 Å². The van der Waals surface area contributed by atoms with E-state index in [2.05, 4.69) is 14.9 Å². The minimum absolute atomic E-state index is 0.470. The highest BCUT2D eigenvalue weighted by molar-refractivity contribution is 5.84. The second-order valence-electron chi connectivity index (χ2n) is 6.78. The molecule has 2 fully saturated rings. The summed E-state index contributed by atoms with van der Waals surface area (Å²) < 4.78 is 16.5. The lowest BCUT2D eigenvalue weighted by atomic mass is 9.85. The Labute approximate surface area is 141 Å². The van der Waals surface area contributed by atoms with Crippen LogP contribution in [0.25, 0.3) is 10.9 Å². The minimum Gasteiger partial charge on any atom is -0.493 e. The van der Waals surface area contributed by atoms with Crippen LogP contribution < -0.4 is 9.47 Å². The highest BCUT2D eigenvalue weighted by Gasteiger charge is 2.43. The maximum atomic E-state index is 5.89. The molecule has 0 atom stereocenters. The zero-order valence-corrected chi connectivity index (χ0v) is 14.0. The van der Waals surface area contributed by atoms with E-state index in [9.17, 15) is 0 Å². The summed E-state index contributed by atoms with van der Waals surface area (Å²) in [5.74, 6) is 1.43. The van der Waals surface area contributed by atoms with Gasteiger partial charge in [-0.25, -0.2) is 9.97 Å². The summed E-state index contributed by atoms with van der Waals surface area (Å²) in [7, 11) is 1.62. The molecule has 6 heteroatoms. The lowest BCUT2D eigenvalue weighted by Gasteiger charge is -2.37. The van der Waals surface area contributed by atoms with Crippen LogP contribution in [-0.4, -0.2) is 61.4 Å². The first kappa shape index (κ1) is 15.6. The van der Waals surface area contributed by atoms with E-state index in [4.69, 9.17) is 14.2 Å². The Balaban J connectivity index is 1.28. The van der Waals surface area contributed by atoms with E-state index >= 15 is 0 Å². The largest absolute Gasteiger partial charge is 0.493 e. The van der Waals surface area contributed by atoms with Crippen molar-refractivity contribution >= 4 is 10.9 Å². The average molecular weight is 329 g/mol. The summed E-state index contributed by atoms with van der Waals surface area (Å²) in [6.45, 7) is 6.07. The monoisotopic (exact) mass is 329 g/mol. The van der Waals surface area contributed by atoms with Gasteiger partial charge in [-0.2, -0.15) is 0 Å². The highest BCUT2D eigenvalue weighted by atomic mass is 16.5. The smallest absolute Gasteiger partial charge is 0.224 e. The molecule has 0 amide bonds. The van der Waals surface area contributed by atoms with Crippen molar-refractivity contribution < 1.29 is 14.2 Å². The van der Waals surface area contributed by atoms with Crippen LogP contribution in [0.5, 0.6) is 11.6 Å². The summed E-state index contributed by atoms with van der Waals surface area (Å²) >= 11 is 0. The van der Waals surface area contributed by atoms with Crippen LogP contribution in [0.15, 0.2) is 24.5 Å². The van der Waals surface area contributed by atoms with Crippen LogP contribution in [0, 0.1) is 5.41 Å². The molecule has 2 aliphatic rings. The Morgan fingerprint density at radius 1 is 1.29 bits per heavy atom. The summed E-state index contributed by atoms with van der Waals surface area (Å²) in [6, 6.07) is 5.84. The van der Waals surface area contributed by atoms with Gasteiger partial charge in [0.2, 0.25) is 5.88 Å². The molecule has 0 radical (unpaired) electrons. The van der Waals surface area contributed by atoms with Gasteiger partial charge in [-0.1, -0.05) is 0 Å². The Morgan fingerprint density at radius 3 is 2.96 bits per heavy atom. The van der Waals surface area contributed by atoms with Crippen molar-refractivity contribution in [3.8, 4) is 11.6 Å². The molecule has 1 spiro atoms. The van der Waals surface area contributed by atoms with Crippen molar-refractivity contribution in [2.24, 2.45) is 5.41 Å². The van der Waals surface area contributed by atoms with Crippen molar-refractivity contribution in [2.75, 3.05) is 46.6 Å². The number of methoxy groups -OCH3 is 1. The van der Waals surface area contributed by atoms with E-state index in [0.717, 1.165) is 42.8 Å². The standard InChI is InChI=1S/C18H23N3O3/c1-22-17-15-4-3-14(9-16(15)19-13-20-17)24-8-2-6-21-7-5-18(10-21)11-23-12-18/h3-4,9,13H,2,5-8,10-12H2,1H3. The number of ether oxygens (including phenoxy) is 3. The van der Waals surface area contributed by atoms with E-state index in [1.807, 2.05) is 18.2 Å². The third-order valence-corrected chi connectivity index (χ3v) is 4.99. The zero-order chi connectivity index (χ0) is 16.4. The fourth-order valence-corrected chi connectivity index (χ4v) is 3.59. The number of rotatable bonds is 6. The highest BCUT2D eigenvalue weighted by Crippen LogP contribution is 2.37. The molecule has 24 heavy (non-hydrogen) atoms. The number of fused-ring (bicyclic) bond motifs is 1. The number of hydrogen-bond donors (Lipinski definition) is 0. The molecular weight excluding hydrogens is 306 g/mol. The molecule has 2 aromatic rings. The normalized spacial score (nSPS) is 19.5. The fourth-order valence-electron chi connectivity index (χ4n) is 3.59. The predicted molar refractivity (Wildman–Crippen MR) is 90.5 cm³/mol. The quantitative estimate of drug-likeness (QED) is 0.757. The number of hydrogen-bond acceptors (Lipinski definition) is 6. The lowest BCUT2D eigenvalue weighted by Crippen LogP contribution is -2.44. The Morgan fingerprint density at radius 2 is 2.21 bits per heavy atom. The van der Waals surface area contributed by atoms with E-state index in [1.165, 1.54) is 25.8 Å². The van der Waals surface area contributed by atoms with E-state index in [-0.39, 0.29) is 0 Å². The molecule has 0 N–H and O–H groups in total.